The predicted octanol–water partition coefficient (Wildman–Crippen LogP) is 2.71. The lowest BCUT2D eigenvalue weighted by atomic mass is 10.2. The number of ether oxygens (including phenoxy) is 1. The molecule has 0 spiro atoms. The number of carboxylic acid groups (broad SMARTS) is 1. The second kappa shape index (κ2) is 11.0. The number of thiol groups is 1. The Morgan fingerprint density at radius 3 is 2.15 bits per heavy atom. The summed E-state index contributed by atoms with van der Waals surface area (Å²) in [5.74, 6) is -0.833. The van der Waals surface area contributed by atoms with Gasteiger partial charge in [0.05, 0.1) is 0 Å². The fourth-order valence-corrected chi connectivity index (χ4v) is 2.23. The minimum absolute atomic E-state index is 0.329. The number of aliphatic carboxylic acids is 1. The SMILES string of the molecule is CC(=O)O.C[SiH](C)C(S)CCCNC(=O)OC(C)(C)C. The number of nitrogens with one attached hydrogen (secondary N) is 1. The van der Waals surface area contributed by atoms with Crippen LogP contribution in [0.3, 0.4) is 0 Å². The quantitative estimate of drug-likeness (QED) is 0.413. The Morgan fingerprint density at radius 2 is 1.80 bits per heavy atom. The van der Waals surface area contributed by atoms with Crippen LogP contribution in [0.15, 0.2) is 0 Å². The smallest absolute Gasteiger partial charge is 0.407 e. The molecule has 0 aromatic heterocycles. The van der Waals surface area contributed by atoms with E-state index in [2.05, 4.69) is 31.0 Å². The lowest BCUT2D eigenvalue weighted by Gasteiger charge is -2.20. The summed E-state index contributed by atoms with van der Waals surface area (Å²) in [4.78, 5) is 20.8. The largest absolute Gasteiger partial charge is 0.481 e. The molecule has 0 aromatic rings. The van der Waals surface area contributed by atoms with Gasteiger partial charge in [0.1, 0.15) is 5.60 Å². The Balaban J connectivity index is 0. The van der Waals surface area contributed by atoms with Crippen LogP contribution in [-0.4, -0.2) is 43.0 Å². The maximum atomic E-state index is 11.3. The van der Waals surface area contributed by atoms with Crippen molar-refractivity contribution in [2.24, 2.45) is 0 Å². The zero-order chi connectivity index (χ0) is 16.3. The fourth-order valence-electron chi connectivity index (χ4n) is 1.15. The molecule has 20 heavy (non-hydrogen) atoms. The molecule has 120 valence electrons. The first-order valence-electron chi connectivity index (χ1n) is 6.80. The second-order valence-corrected chi connectivity index (χ2v) is 10.4. The predicted molar refractivity (Wildman–Crippen MR) is 88.4 cm³/mol. The highest BCUT2D eigenvalue weighted by Crippen LogP contribution is 2.09. The second-order valence-electron chi connectivity index (χ2n) is 5.90. The van der Waals surface area contributed by atoms with Crippen molar-refractivity contribution in [3.63, 3.8) is 0 Å². The van der Waals surface area contributed by atoms with Crippen molar-refractivity contribution in [2.45, 2.75) is 64.1 Å². The highest BCUT2D eigenvalue weighted by molar-refractivity contribution is 7.82. The van der Waals surface area contributed by atoms with E-state index in [1.807, 2.05) is 20.8 Å². The molecule has 1 unspecified atom stereocenters. The van der Waals surface area contributed by atoms with E-state index in [0.29, 0.717) is 11.4 Å². The summed E-state index contributed by atoms with van der Waals surface area (Å²) in [7, 11) is -0.646. The minimum atomic E-state index is -0.833. The van der Waals surface area contributed by atoms with Crippen LogP contribution in [0.5, 0.6) is 0 Å². The van der Waals surface area contributed by atoms with Gasteiger partial charge in [-0.15, -0.1) is 0 Å². The van der Waals surface area contributed by atoms with Crippen LogP contribution >= 0.6 is 12.6 Å². The van der Waals surface area contributed by atoms with E-state index in [1.165, 1.54) is 0 Å². The maximum Gasteiger partial charge on any atom is 0.407 e. The molecule has 7 heteroatoms. The maximum absolute atomic E-state index is 11.3. The summed E-state index contributed by atoms with van der Waals surface area (Å²) >= 11 is 4.54. The molecule has 0 heterocycles. The summed E-state index contributed by atoms with van der Waals surface area (Å²) in [6.07, 6.45) is 1.71. The standard InChI is InChI=1S/C11H25NO2SSi.C2H4O2/c1-11(2,3)14-10(13)12-8-6-7-9(15)16(4)5;1-2(3)4/h9,15-16H,6-8H2,1-5H3,(H,12,13);1H3,(H,3,4). The van der Waals surface area contributed by atoms with E-state index in [0.717, 1.165) is 19.8 Å². The molecule has 2 N–H and O–H groups in total. The van der Waals surface area contributed by atoms with Gasteiger partial charge < -0.3 is 15.2 Å². The van der Waals surface area contributed by atoms with Crippen LogP contribution < -0.4 is 5.32 Å². The molecular weight excluding hydrogens is 294 g/mol. The molecular formula is C13H29NO4SSi. The molecule has 0 saturated carbocycles. The van der Waals surface area contributed by atoms with Gasteiger partial charge in [0.15, 0.2) is 0 Å². The molecule has 1 amide bonds. The average Bonchev–Trinajstić information content (AvgIpc) is 2.20. The summed E-state index contributed by atoms with van der Waals surface area (Å²) in [5.41, 5.74) is -0.416. The van der Waals surface area contributed by atoms with Gasteiger partial charge in [-0.25, -0.2) is 4.79 Å². The van der Waals surface area contributed by atoms with Crippen molar-refractivity contribution >= 4 is 33.5 Å². The van der Waals surface area contributed by atoms with Gasteiger partial charge in [0, 0.05) is 22.3 Å². The van der Waals surface area contributed by atoms with Crippen molar-refractivity contribution in [3.05, 3.63) is 0 Å². The number of rotatable bonds is 5. The van der Waals surface area contributed by atoms with E-state index in [9.17, 15) is 4.79 Å². The lowest BCUT2D eigenvalue weighted by Crippen LogP contribution is -2.33. The van der Waals surface area contributed by atoms with Gasteiger partial charge in [-0.05, 0) is 38.5 Å². The first-order chi connectivity index (χ1) is 8.95. The minimum Gasteiger partial charge on any atom is -0.481 e. The third-order valence-electron chi connectivity index (χ3n) is 2.11. The van der Waals surface area contributed by atoms with Crippen molar-refractivity contribution < 1.29 is 19.4 Å². The fraction of sp³-hybridized carbons (Fsp3) is 0.846. The van der Waals surface area contributed by atoms with Gasteiger partial charge in [-0.3, -0.25) is 4.79 Å². The number of carbonyl (C=O) groups excluding carboxylic acids is 1. The number of alkyl carbamates (subject to hydrolysis) is 1. The highest BCUT2D eigenvalue weighted by atomic mass is 32.1. The van der Waals surface area contributed by atoms with Crippen LogP contribution in [0.25, 0.3) is 0 Å². The number of carboxylic acids is 1. The van der Waals surface area contributed by atoms with E-state index < -0.39 is 20.4 Å². The molecule has 5 nitrogen and oxygen atoms in total. The molecule has 0 radical (unpaired) electrons. The van der Waals surface area contributed by atoms with Crippen LogP contribution in [0, 0.1) is 0 Å². The Kier molecular flexibility index (Phi) is 11.9. The molecule has 0 rings (SSSR count). The molecule has 0 aliphatic carbocycles. The molecule has 0 fully saturated rings. The van der Waals surface area contributed by atoms with Gasteiger partial charge in [-0.2, -0.15) is 12.6 Å². The Labute approximate surface area is 129 Å². The third kappa shape index (κ3) is 19.6. The number of amides is 1. The molecule has 0 bridgehead atoms. The Morgan fingerprint density at radius 1 is 1.35 bits per heavy atom. The average molecular weight is 324 g/mol. The first kappa shape index (κ1) is 21.6. The van der Waals surface area contributed by atoms with E-state index >= 15 is 0 Å². The van der Waals surface area contributed by atoms with E-state index in [1.54, 1.807) is 0 Å². The van der Waals surface area contributed by atoms with Crippen molar-refractivity contribution in [1.29, 1.82) is 0 Å². The molecule has 0 saturated heterocycles. The van der Waals surface area contributed by atoms with Crippen LogP contribution in [0.1, 0.15) is 40.5 Å². The molecule has 1 atom stereocenters. The summed E-state index contributed by atoms with van der Waals surface area (Å²) in [5, 5.41) is 10.2. The summed E-state index contributed by atoms with van der Waals surface area (Å²) < 4.78 is 5.13. The molecule has 0 aliphatic rings. The lowest BCUT2D eigenvalue weighted by molar-refractivity contribution is -0.134. The Bertz CT molecular complexity index is 289. The number of carbonyl (C=O) groups is 2. The Hall–Kier alpha value is -0.693. The van der Waals surface area contributed by atoms with Crippen molar-refractivity contribution in [2.75, 3.05) is 6.54 Å². The summed E-state index contributed by atoms with van der Waals surface area (Å²) in [6, 6.07) is 0. The first-order valence-corrected chi connectivity index (χ1v) is 10.3. The molecule has 0 aliphatic heterocycles. The van der Waals surface area contributed by atoms with Crippen LogP contribution in [0.2, 0.25) is 13.1 Å². The number of hydrogen-bond donors (Lipinski definition) is 3. The molecule has 0 aromatic carbocycles. The monoisotopic (exact) mass is 323 g/mol. The zero-order valence-corrected chi connectivity index (χ0v) is 15.4. The zero-order valence-electron chi connectivity index (χ0n) is 13.4. The van der Waals surface area contributed by atoms with Gasteiger partial charge in [0.25, 0.3) is 5.97 Å². The van der Waals surface area contributed by atoms with E-state index in [-0.39, 0.29) is 6.09 Å². The summed E-state index contributed by atoms with van der Waals surface area (Å²) in [6.45, 7) is 11.9. The topological polar surface area (TPSA) is 75.6 Å². The normalized spacial score (nSPS) is 12.2. The van der Waals surface area contributed by atoms with Crippen molar-refractivity contribution in [1.82, 2.24) is 5.32 Å². The van der Waals surface area contributed by atoms with Gasteiger partial charge in [-0.1, -0.05) is 13.1 Å². The van der Waals surface area contributed by atoms with Gasteiger partial charge in [0.2, 0.25) is 0 Å². The number of hydrogen-bond acceptors (Lipinski definition) is 4. The van der Waals surface area contributed by atoms with Crippen molar-refractivity contribution in [3.8, 4) is 0 Å². The third-order valence-corrected chi connectivity index (χ3v) is 6.03. The van der Waals surface area contributed by atoms with Crippen LogP contribution in [-0.2, 0) is 9.53 Å². The van der Waals surface area contributed by atoms with Crippen LogP contribution in [0.4, 0.5) is 4.79 Å². The van der Waals surface area contributed by atoms with Gasteiger partial charge >= 0.3 is 6.09 Å². The highest BCUT2D eigenvalue weighted by Gasteiger charge is 2.15. The van der Waals surface area contributed by atoms with E-state index in [4.69, 9.17) is 14.6 Å².